The van der Waals surface area contributed by atoms with Crippen LogP contribution in [0.25, 0.3) is 0 Å². The van der Waals surface area contributed by atoms with Crippen LogP contribution in [-0.2, 0) is 20.7 Å². The standard InChI is InChI=1S/C19H28O4/c1-19(2,3)23-18(21)17(22-16-10-5-4-6-11-16)13-14-8-7-9-15(20)12-14/h7-9,12,16-17,20H,4-6,10-11,13H2,1-3H3. The lowest BCUT2D eigenvalue weighted by Gasteiger charge is -2.29. The zero-order valence-corrected chi connectivity index (χ0v) is 14.4. The first-order valence-corrected chi connectivity index (χ1v) is 8.50. The minimum atomic E-state index is -0.626. The zero-order chi connectivity index (χ0) is 16.9. The number of carbonyl (C=O) groups excluding carboxylic acids is 1. The molecule has 2 rings (SSSR count). The quantitative estimate of drug-likeness (QED) is 0.833. The number of hydrogen-bond donors (Lipinski definition) is 1. The Labute approximate surface area is 138 Å². The summed E-state index contributed by atoms with van der Waals surface area (Å²) in [6, 6.07) is 6.95. The number of ether oxygens (including phenoxy) is 2. The van der Waals surface area contributed by atoms with Crippen LogP contribution in [0.5, 0.6) is 5.75 Å². The van der Waals surface area contributed by atoms with Crippen LogP contribution in [0.1, 0.15) is 58.4 Å². The van der Waals surface area contributed by atoms with Gasteiger partial charge in [-0.1, -0.05) is 31.4 Å². The third-order valence-corrected chi connectivity index (χ3v) is 3.91. The van der Waals surface area contributed by atoms with Gasteiger partial charge in [-0.15, -0.1) is 0 Å². The number of phenols is 1. The third-order valence-electron chi connectivity index (χ3n) is 3.91. The fraction of sp³-hybridized carbons (Fsp3) is 0.632. The average Bonchev–Trinajstić information content (AvgIpc) is 2.46. The monoisotopic (exact) mass is 320 g/mol. The molecule has 0 heterocycles. The molecule has 0 saturated heterocycles. The molecule has 1 aliphatic carbocycles. The highest BCUT2D eigenvalue weighted by Gasteiger charge is 2.29. The van der Waals surface area contributed by atoms with Crippen LogP contribution in [0.15, 0.2) is 24.3 Å². The molecule has 1 fully saturated rings. The van der Waals surface area contributed by atoms with E-state index in [0.29, 0.717) is 6.42 Å². The number of esters is 1. The highest BCUT2D eigenvalue weighted by Crippen LogP contribution is 2.24. The highest BCUT2D eigenvalue weighted by molar-refractivity contribution is 5.75. The highest BCUT2D eigenvalue weighted by atomic mass is 16.6. The number of rotatable bonds is 5. The van der Waals surface area contributed by atoms with Crippen molar-refractivity contribution < 1.29 is 19.4 Å². The summed E-state index contributed by atoms with van der Waals surface area (Å²) in [4.78, 5) is 12.5. The Kier molecular flexibility index (Phi) is 6.05. The molecule has 4 heteroatoms. The molecule has 0 aliphatic heterocycles. The lowest BCUT2D eigenvalue weighted by Crippen LogP contribution is -2.37. The molecule has 0 amide bonds. The Hall–Kier alpha value is -1.55. The van der Waals surface area contributed by atoms with E-state index in [0.717, 1.165) is 31.2 Å². The van der Waals surface area contributed by atoms with Crippen molar-refractivity contribution in [2.45, 2.75) is 77.1 Å². The second-order valence-electron chi connectivity index (χ2n) is 7.29. The largest absolute Gasteiger partial charge is 0.508 e. The van der Waals surface area contributed by atoms with Gasteiger partial charge in [0.2, 0.25) is 0 Å². The van der Waals surface area contributed by atoms with Gasteiger partial charge in [-0.25, -0.2) is 4.79 Å². The molecule has 0 bridgehead atoms. The maximum atomic E-state index is 12.5. The van der Waals surface area contributed by atoms with Crippen molar-refractivity contribution in [3.8, 4) is 5.75 Å². The van der Waals surface area contributed by atoms with Crippen LogP contribution in [0.2, 0.25) is 0 Å². The molecule has 1 unspecified atom stereocenters. The summed E-state index contributed by atoms with van der Waals surface area (Å²) in [7, 11) is 0. The molecule has 0 radical (unpaired) electrons. The van der Waals surface area contributed by atoms with Crippen molar-refractivity contribution in [2.24, 2.45) is 0 Å². The summed E-state index contributed by atoms with van der Waals surface area (Å²) in [5, 5.41) is 9.62. The van der Waals surface area contributed by atoms with Gasteiger partial charge >= 0.3 is 5.97 Å². The predicted molar refractivity (Wildman–Crippen MR) is 89.4 cm³/mol. The van der Waals surface area contributed by atoms with E-state index >= 15 is 0 Å². The molecule has 1 aromatic carbocycles. The van der Waals surface area contributed by atoms with Crippen LogP contribution in [-0.4, -0.2) is 28.9 Å². The molecule has 1 aliphatic rings. The van der Waals surface area contributed by atoms with Crippen molar-refractivity contribution in [2.75, 3.05) is 0 Å². The van der Waals surface area contributed by atoms with Crippen molar-refractivity contribution in [3.63, 3.8) is 0 Å². The Morgan fingerprint density at radius 2 is 1.96 bits per heavy atom. The maximum Gasteiger partial charge on any atom is 0.336 e. The first kappa shape index (κ1) is 17.8. The van der Waals surface area contributed by atoms with Crippen molar-refractivity contribution in [1.82, 2.24) is 0 Å². The second kappa shape index (κ2) is 7.82. The Bertz CT molecular complexity index is 512. The van der Waals surface area contributed by atoms with E-state index in [1.807, 2.05) is 26.8 Å². The molecule has 128 valence electrons. The summed E-state index contributed by atoms with van der Waals surface area (Å²) in [6.45, 7) is 5.57. The topological polar surface area (TPSA) is 55.8 Å². The normalized spacial score (nSPS) is 17.7. The first-order valence-electron chi connectivity index (χ1n) is 8.50. The van der Waals surface area contributed by atoms with Crippen LogP contribution in [0.4, 0.5) is 0 Å². The van der Waals surface area contributed by atoms with Gasteiger partial charge in [0.15, 0.2) is 6.10 Å². The summed E-state index contributed by atoms with van der Waals surface area (Å²) >= 11 is 0. The van der Waals surface area contributed by atoms with E-state index in [1.165, 1.54) is 6.42 Å². The van der Waals surface area contributed by atoms with E-state index in [9.17, 15) is 9.90 Å². The van der Waals surface area contributed by atoms with Gasteiger partial charge in [-0.3, -0.25) is 0 Å². The summed E-state index contributed by atoms with van der Waals surface area (Å²) < 4.78 is 11.6. The summed E-state index contributed by atoms with van der Waals surface area (Å²) in [5.74, 6) is -0.130. The summed E-state index contributed by atoms with van der Waals surface area (Å²) in [6.07, 6.45) is 5.45. The average molecular weight is 320 g/mol. The SMILES string of the molecule is CC(C)(C)OC(=O)C(Cc1cccc(O)c1)OC1CCCCC1. The third kappa shape index (κ3) is 6.22. The number of carbonyl (C=O) groups is 1. The van der Waals surface area contributed by atoms with Gasteiger partial charge in [0.25, 0.3) is 0 Å². The lowest BCUT2D eigenvalue weighted by molar-refractivity contribution is -0.173. The Morgan fingerprint density at radius 1 is 1.26 bits per heavy atom. The molecule has 4 nitrogen and oxygen atoms in total. The van der Waals surface area contributed by atoms with Crippen LogP contribution < -0.4 is 0 Å². The molecule has 23 heavy (non-hydrogen) atoms. The van der Waals surface area contributed by atoms with Gasteiger partial charge in [0.1, 0.15) is 11.4 Å². The second-order valence-corrected chi connectivity index (χ2v) is 7.29. The minimum absolute atomic E-state index is 0.124. The fourth-order valence-corrected chi connectivity index (χ4v) is 2.89. The van der Waals surface area contributed by atoms with E-state index in [1.54, 1.807) is 18.2 Å². The van der Waals surface area contributed by atoms with Gasteiger partial charge in [0, 0.05) is 6.42 Å². The minimum Gasteiger partial charge on any atom is -0.508 e. The van der Waals surface area contributed by atoms with E-state index in [2.05, 4.69) is 0 Å². The smallest absolute Gasteiger partial charge is 0.336 e. The number of aromatic hydroxyl groups is 1. The number of hydrogen-bond acceptors (Lipinski definition) is 4. The Balaban J connectivity index is 2.07. The van der Waals surface area contributed by atoms with Gasteiger partial charge in [-0.2, -0.15) is 0 Å². The molecule has 1 aromatic rings. The van der Waals surface area contributed by atoms with E-state index in [-0.39, 0.29) is 17.8 Å². The predicted octanol–water partition coefficient (Wildman–Crippen LogP) is 3.99. The first-order chi connectivity index (χ1) is 10.8. The van der Waals surface area contributed by atoms with Gasteiger partial charge < -0.3 is 14.6 Å². The molecule has 0 aromatic heterocycles. The van der Waals surface area contributed by atoms with Gasteiger partial charge in [0.05, 0.1) is 6.10 Å². The summed E-state index contributed by atoms with van der Waals surface area (Å²) in [5.41, 5.74) is 0.334. The van der Waals surface area contributed by atoms with Crippen LogP contribution in [0, 0.1) is 0 Å². The van der Waals surface area contributed by atoms with Crippen molar-refractivity contribution in [1.29, 1.82) is 0 Å². The lowest BCUT2D eigenvalue weighted by atomic mass is 9.97. The molecule has 1 atom stereocenters. The van der Waals surface area contributed by atoms with Crippen molar-refractivity contribution >= 4 is 5.97 Å². The molecule has 1 N–H and O–H groups in total. The van der Waals surface area contributed by atoms with E-state index < -0.39 is 11.7 Å². The van der Waals surface area contributed by atoms with Crippen LogP contribution >= 0.6 is 0 Å². The molecule has 0 spiro atoms. The Morgan fingerprint density at radius 3 is 2.57 bits per heavy atom. The molecular formula is C19H28O4. The van der Waals surface area contributed by atoms with Crippen molar-refractivity contribution in [3.05, 3.63) is 29.8 Å². The van der Waals surface area contributed by atoms with Gasteiger partial charge in [-0.05, 0) is 51.3 Å². The molecule has 1 saturated carbocycles. The fourth-order valence-electron chi connectivity index (χ4n) is 2.89. The van der Waals surface area contributed by atoms with Crippen LogP contribution in [0.3, 0.4) is 0 Å². The maximum absolute atomic E-state index is 12.5. The van der Waals surface area contributed by atoms with E-state index in [4.69, 9.17) is 9.47 Å². The number of benzene rings is 1. The number of phenolic OH excluding ortho intramolecular Hbond substituents is 1. The zero-order valence-electron chi connectivity index (χ0n) is 14.4. The molecular weight excluding hydrogens is 292 g/mol.